The van der Waals surface area contributed by atoms with Crippen molar-refractivity contribution in [1.82, 2.24) is 15.0 Å². The number of hydrogen-bond acceptors (Lipinski definition) is 4. The summed E-state index contributed by atoms with van der Waals surface area (Å²) in [5.41, 5.74) is 1.70. The molecular formula is C11H10BrIN4. The van der Waals surface area contributed by atoms with E-state index in [1.54, 1.807) is 6.20 Å². The Hall–Kier alpha value is -0.760. The highest BCUT2D eigenvalue weighted by Crippen LogP contribution is 2.26. The molecule has 2 aromatic rings. The SMILES string of the molecule is CNc1nc(-c2ncccc2Br)nc(C)c1I. The number of pyridine rings is 1. The first-order chi connectivity index (χ1) is 8.13. The highest BCUT2D eigenvalue weighted by Gasteiger charge is 2.12. The van der Waals surface area contributed by atoms with Crippen LogP contribution < -0.4 is 5.32 Å². The highest BCUT2D eigenvalue weighted by atomic mass is 127. The standard InChI is InChI=1S/C11H10BrIN4/c1-6-8(13)10(14-2)17-11(16-6)9-7(12)4-3-5-15-9/h3-5H,1-2H3,(H,14,16,17). The van der Waals surface area contributed by atoms with Crippen molar-refractivity contribution in [2.45, 2.75) is 6.92 Å². The molecule has 0 atom stereocenters. The second-order valence-electron chi connectivity index (χ2n) is 3.38. The predicted molar refractivity (Wildman–Crippen MR) is 80.0 cm³/mol. The van der Waals surface area contributed by atoms with Gasteiger partial charge < -0.3 is 5.32 Å². The lowest BCUT2D eigenvalue weighted by Gasteiger charge is -2.08. The Morgan fingerprint density at radius 1 is 1.35 bits per heavy atom. The molecule has 0 saturated heterocycles. The third-order valence-corrected chi connectivity index (χ3v) is 4.16. The number of rotatable bonds is 2. The van der Waals surface area contributed by atoms with Gasteiger partial charge in [0.05, 0.1) is 9.26 Å². The number of aryl methyl sites for hydroxylation is 1. The van der Waals surface area contributed by atoms with Crippen molar-refractivity contribution in [1.29, 1.82) is 0 Å². The molecule has 2 heterocycles. The lowest BCUT2D eigenvalue weighted by atomic mass is 10.3. The molecule has 0 fully saturated rings. The van der Waals surface area contributed by atoms with Gasteiger partial charge in [-0.15, -0.1) is 0 Å². The first-order valence-electron chi connectivity index (χ1n) is 4.96. The molecule has 0 aliphatic heterocycles. The van der Waals surface area contributed by atoms with Crippen LogP contribution in [0.2, 0.25) is 0 Å². The second kappa shape index (κ2) is 5.26. The molecule has 0 aliphatic rings. The Morgan fingerprint density at radius 3 is 2.76 bits per heavy atom. The van der Waals surface area contributed by atoms with E-state index in [1.165, 1.54) is 0 Å². The van der Waals surface area contributed by atoms with E-state index in [4.69, 9.17) is 0 Å². The fourth-order valence-electron chi connectivity index (χ4n) is 1.38. The lowest BCUT2D eigenvalue weighted by molar-refractivity contribution is 1.07. The minimum atomic E-state index is 0.625. The molecule has 2 rings (SSSR count). The molecule has 0 saturated carbocycles. The fraction of sp³-hybridized carbons (Fsp3) is 0.182. The Kier molecular flexibility index (Phi) is 3.93. The molecule has 4 nitrogen and oxygen atoms in total. The van der Waals surface area contributed by atoms with Crippen molar-refractivity contribution >= 4 is 44.3 Å². The quantitative estimate of drug-likeness (QED) is 0.780. The molecule has 88 valence electrons. The Bertz CT molecular complexity index is 559. The van der Waals surface area contributed by atoms with E-state index in [0.717, 1.165) is 25.2 Å². The van der Waals surface area contributed by atoms with E-state index < -0.39 is 0 Å². The molecule has 1 N–H and O–H groups in total. The van der Waals surface area contributed by atoms with Crippen LogP contribution in [0.5, 0.6) is 0 Å². The van der Waals surface area contributed by atoms with Crippen molar-refractivity contribution in [2.75, 3.05) is 12.4 Å². The number of nitrogens with one attached hydrogen (secondary N) is 1. The topological polar surface area (TPSA) is 50.7 Å². The molecule has 0 bridgehead atoms. The van der Waals surface area contributed by atoms with Crippen LogP contribution in [0.25, 0.3) is 11.5 Å². The Morgan fingerprint density at radius 2 is 2.12 bits per heavy atom. The van der Waals surface area contributed by atoms with Crippen LogP contribution in [0.15, 0.2) is 22.8 Å². The highest BCUT2D eigenvalue weighted by molar-refractivity contribution is 14.1. The predicted octanol–water partition coefficient (Wildman–Crippen LogP) is 3.26. The molecule has 0 aromatic carbocycles. The number of halogens is 2. The molecule has 17 heavy (non-hydrogen) atoms. The molecule has 0 aliphatic carbocycles. The zero-order valence-electron chi connectivity index (χ0n) is 9.33. The summed E-state index contributed by atoms with van der Waals surface area (Å²) in [7, 11) is 1.85. The van der Waals surface area contributed by atoms with Gasteiger partial charge in [0.25, 0.3) is 0 Å². The fourth-order valence-corrected chi connectivity index (χ4v) is 2.32. The molecule has 0 radical (unpaired) electrons. The minimum absolute atomic E-state index is 0.625. The van der Waals surface area contributed by atoms with Crippen LogP contribution in [0, 0.1) is 10.5 Å². The van der Waals surface area contributed by atoms with Gasteiger partial charge in [-0.05, 0) is 57.6 Å². The third kappa shape index (κ3) is 2.57. The lowest BCUT2D eigenvalue weighted by Crippen LogP contribution is -2.03. The van der Waals surface area contributed by atoms with Gasteiger partial charge in [-0.1, -0.05) is 0 Å². The van der Waals surface area contributed by atoms with Crippen molar-refractivity contribution in [2.24, 2.45) is 0 Å². The molecule has 0 unspecified atom stereocenters. The molecule has 0 amide bonds. The van der Waals surface area contributed by atoms with Crippen molar-refractivity contribution < 1.29 is 0 Å². The van der Waals surface area contributed by atoms with Crippen LogP contribution in [0.4, 0.5) is 5.82 Å². The maximum absolute atomic E-state index is 4.46. The maximum Gasteiger partial charge on any atom is 0.181 e. The summed E-state index contributed by atoms with van der Waals surface area (Å²) < 4.78 is 1.92. The summed E-state index contributed by atoms with van der Waals surface area (Å²) in [5.74, 6) is 1.45. The van der Waals surface area contributed by atoms with Gasteiger partial charge in [0.15, 0.2) is 5.82 Å². The van der Waals surface area contributed by atoms with E-state index in [0.29, 0.717) is 5.82 Å². The first-order valence-corrected chi connectivity index (χ1v) is 6.83. The Balaban J connectivity index is 2.61. The van der Waals surface area contributed by atoms with E-state index in [2.05, 4.69) is 58.8 Å². The molecule has 6 heteroatoms. The smallest absolute Gasteiger partial charge is 0.181 e. The average molecular weight is 405 g/mol. The summed E-state index contributed by atoms with van der Waals surface area (Å²) in [5, 5.41) is 3.06. The molecule has 2 aromatic heterocycles. The molecule has 0 spiro atoms. The molecular weight excluding hydrogens is 395 g/mol. The first kappa shape index (κ1) is 12.7. The monoisotopic (exact) mass is 404 g/mol. The summed E-state index contributed by atoms with van der Waals surface area (Å²) >= 11 is 5.69. The van der Waals surface area contributed by atoms with Gasteiger partial charge in [-0.25, -0.2) is 9.97 Å². The summed E-state index contributed by atoms with van der Waals surface area (Å²) in [4.78, 5) is 13.2. The minimum Gasteiger partial charge on any atom is -0.372 e. The zero-order valence-corrected chi connectivity index (χ0v) is 13.1. The van der Waals surface area contributed by atoms with Gasteiger partial charge in [-0.2, -0.15) is 0 Å². The van der Waals surface area contributed by atoms with Crippen LogP contribution in [-0.2, 0) is 0 Å². The second-order valence-corrected chi connectivity index (χ2v) is 5.31. The normalized spacial score (nSPS) is 10.4. The van der Waals surface area contributed by atoms with E-state index in [-0.39, 0.29) is 0 Å². The van der Waals surface area contributed by atoms with Crippen LogP contribution in [0.3, 0.4) is 0 Å². The van der Waals surface area contributed by atoms with Gasteiger partial charge in [0.2, 0.25) is 0 Å². The largest absolute Gasteiger partial charge is 0.372 e. The van der Waals surface area contributed by atoms with Crippen molar-refractivity contribution in [3.05, 3.63) is 32.1 Å². The van der Waals surface area contributed by atoms with E-state index in [1.807, 2.05) is 26.1 Å². The van der Waals surface area contributed by atoms with Gasteiger partial charge in [-0.3, -0.25) is 4.98 Å². The number of aromatic nitrogens is 3. The maximum atomic E-state index is 4.46. The van der Waals surface area contributed by atoms with Crippen LogP contribution >= 0.6 is 38.5 Å². The van der Waals surface area contributed by atoms with Crippen LogP contribution in [0.1, 0.15) is 5.69 Å². The van der Waals surface area contributed by atoms with Crippen LogP contribution in [-0.4, -0.2) is 22.0 Å². The number of nitrogens with zero attached hydrogens (tertiary/aromatic N) is 3. The summed E-state index contributed by atoms with van der Waals surface area (Å²) in [6.45, 7) is 1.96. The van der Waals surface area contributed by atoms with E-state index in [9.17, 15) is 0 Å². The average Bonchev–Trinajstić information content (AvgIpc) is 2.33. The number of hydrogen-bond donors (Lipinski definition) is 1. The van der Waals surface area contributed by atoms with Gasteiger partial charge in [0, 0.05) is 17.7 Å². The number of anilines is 1. The van der Waals surface area contributed by atoms with Crippen molar-refractivity contribution in [3.8, 4) is 11.5 Å². The Labute approximate surface area is 122 Å². The third-order valence-electron chi connectivity index (χ3n) is 2.22. The van der Waals surface area contributed by atoms with E-state index >= 15 is 0 Å². The van der Waals surface area contributed by atoms with Gasteiger partial charge >= 0.3 is 0 Å². The summed E-state index contributed by atoms with van der Waals surface area (Å²) in [6.07, 6.45) is 1.73. The van der Waals surface area contributed by atoms with Crippen molar-refractivity contribution in [3.63, 3.8) is 0 Å². The summed E-state index contributed by atoms with van der Waals surface area (Å²) in [6, 6.07) is 3.80. The van der Waals surface area contributed by atoms with Gasteiger partial charge in [0.1, 0.15) is 11.5 Å². The zero-order chi connectivity index (χ0) is 12.4.